The summed E-state index contributed by atoms with van der Waals surface area (Å²) in [4.78, 5) is 32.3. The van der Waals surface area contributed by atoms with Gasteiger partial charge < -0.3 is 18.8 Å². The maximum atomic E-state index is 14.0. The van der Waals surface area contributed by atoms with E-state index in [4.69, 9.17) is 25.8 Å². The highest BCUT2D eigenvalue weighted by Crippen LogP contribution is 2.38. The molecule has 0 unspecified atom stereocenters. The Morgan fingerprint density at radius 1 is 1.12 bits per heavy atom. The number of halogens is 1. The number of ether oxygens (including phenoxy) is 3. The Kier molecular flexibility index (Phi) is 6.64. The first-order valence-electron chi connectivity index (χ1n) is 12.8. The number of rotatable bonds is 5. The molecule has 0 spiro atoms. The summed E-state index contributed by atoms with van der Waals surface area (Å²) < 4.78 is 20.7. The topological polar surface area (TPSA) is 84.1 Å². The second-order valence-electron chi connectivity index (χ2n) is 9.55. The number of hydrogen-bond donors (Lipinski definition) is 0. The molecule has 8 nitrogen and oxygen atoms in total. The average molecular weight is 576 g/mol. The van der Waals surface area contributed by atoms with E-state index in [1.54, 1.807) is 24.5 Å². The second-order valence-corrected chi connectivity index (χ2v) is 11.0. The van der Waals surface area contributed by atoms with Crippen LogP contribution in [0.1, 0.15) is 42.4 Å². The van der Waals surface area contributed by atoms with Gasteiger partial charge in [0.2, 0.25) is 6.79 Å². The monoisotopic (exact) mass is 575 g/mol. The maximum Gasteiger partial charge on any atom is 0.338 e. The second kappa shape index (κ2) is 10.1. The largest absolute Gasteiger partial charge is 0.463 e. The third-order valence-electron chi connectivity index (χ3n) is 7.07. The molecule has 0 bridgehead atoms. The molecule has 0 fully saturated rings. The van der Waals surface area contributed by atoms with Crippen molar-refractivity contribution in [2.45, 2.75) is 33.7 Å². The van der Waals surface area contributed by atoms with Crippen LogP contribution in [-0.4, -0.2) is 28.5 Å². The zero-order chi connectivity index (χ0) is 28.1. The van der Waals surface area contributed by atoms with Crippen LogP contribution >= 0.6 is 22.9 Å². The molecule has 2 aromatic heterocycles. The molecule has 2 aromatic carbocycles. The standard InChI is InChI=1S/C30H26ClN3O5S/c1-5-37-29(36)26-17(3)32-30-34(27(26)19-6-11-23-24(13-19)39-15-38-23)28(35)25(40-30)14-20-12-16(2)33(18(20)4)22-9-7-21(31)8-10-22/h6-14,27H,5,15H2,1-4H3/b25-14+/t27-/m0/s1. The Labute approximate surface area is 239 Å². The molecule has 2 aliphatic rings. The minimum Gasteiger partial charge on any atom is -0.463 e. The zero-order valence-corrected chi connectivity index (χ0v) is 23.9. The number of esters is 1. The van der Waals surface area contributed by atoms with Crippen molar-refractivity contribution in [1.29, 1.82) is 0 Å². The number of nitrogens with zero attached hydrogens (tertiary/aromatic N) is 3. The summed E-state index contributed by atoms with van der Waals surface area (Å²) >= 11 is 7.39. The van der Waals surface area contributed by atoms with Crippen LogP contribution in [0, 0.1) is 13.8 Å². The lowest BCUT2D eigenvalue weighted by molar-refractivity contribution is -0.139. The van der Waals surface area contributed by atoms with E-state index in [-0.39, 0.29) is 19.0 Å². The van der Waals surface area contributed by atoms with Gasteiger partial charge in [-0.3, -0.25) is 9.36 Å². The molecular weight excluding hydrogens is 550 g/mol. The van der Waals surface area contributed by atoms with E-state index in [2.05, 4.69) is 9.56 Å². The van der Waals surface area contributed by atoms with Gasteiger partial charge in [0.05, 0.1) is 28.5 Å². The Balaban J connectivity index is 1.52. The number of carbonyl (C=O) groups excluding carboxylic acids is 1. The molecule has 0 N–H and O–H groups in total. The number of fused-ring (bicyclic) bond motifs is 2. The van der Waals surface area contributed by atoms with Crippen LogP contribution in [0.5, 0.6) is 11.5 Å². The number of aromatic nitrogens is 2. The highest BCUT2D eigenvalue weighted by atomic mass is 35.5. The average Bonchev–Trinajstić information content (AvgIpc) is 3.59. The summed E-state index contributed by atoms with van der Waals surface area (Å²) in [6.07, 6.45) is 1.89. The fraction of sp³-hybridized carbons (Fsp3) is 0.233. The van der Waals surface area contributed by atoms with Crippen LogP contribution in [0.15, 0.2) is 69.6 Å². The lowest BCUT2D eigenvalue weighted by atomic mass is 9.95. The highest BCUT2D eigenvalue weighted by Gasteiger charge is 2.34. The first-order chi connectivity index (χ1) is 19.3. The number of allylic oxidation sites excluding steroid dienone is 1. The highest BCUT2D eigenvalue weighted by molar-refractivity contribution is 7.07. The Hall–Kier alpha value is -4.08. The van der Waals surface area contributed by atoms with Crippen molar-refractivity contribution >= 4 is 35.0 Å². The summed E-state index contributed by atoms with van der Waals surface area (Å²) in [6.45, 7) is 7.88. The van der Waals surface area contributed by atoms with Crippen molar-refractivity contribution in [3.05, 3.63) is 107 Å². The Bertz CT molecular complexity index is 1880. The van der Waals surface area contributed by atoms with Gasteiger partial charge in [0.1, 0.15) is 0 Å². The van der Waals surface area contributed by atoms with Gasteiger partial charge in [-0.05, 0) is 87.4 Å². The molecule has 0 saturated carbocycles. The Morgan fingerprint density at radius 2 is 1.88 bits per heavy atom. The van der Waals surface area contributed by atoms with Crippen molar-refractivity contribution in [3.8, 4) is 17.2 Å². The molecule has 4 aromatic rings. The number of aryl methyl sites for hydroxylation is 1. The van der Waals surface area contributed by atoms with E-state index in [0.717, 1.165) is 22.6 Å². The van der Waals surface area contributed by atoms with E-state index in [0.29, 0.717) is 42.7 Å². The predicted octanol–water partition coefficient (Wildman–Crippen LogP) is 4.59. The molecule has 2 aliphatic heterocycles. The molecule has 1 atom stereocenters. The number of carbonyl (C=O) groups is 1. The van der Waals surface area contributed by atoms with Crippen LogP contribution in [0.3, 0.4) is 0 Å². The van der Waals surface area contributed by atoms with Crippen molar-refractivity contribution < 1.29 is 19.0 Å². The van der Waals surface area contributed by atoms with Crippen LogP contribution in [0.4, 0.5) is 0 Å². The van der Waals surface area contributed by atoms with Gasteiger partial charge in [0.15, 0.2) is 16.3 Å². The summed E-state index contributed by atoms with van der Waals surface area (Å²) in [5, 5.41) is 0.669. The van der Waals surface area contributed by atoms with Crippen LogP contribution in [-0.2, 0) is 9.53 Å². The van der Waals surface area contributed by atoms with Crippen molar-refractivity contribution in [3.63, 3.8) is 0 Å². The van der Waals surface area contributed by atoms with E-state index in [1.807, 2.05) is 62.4 Å². The van der Waals surface area contributed by atoms with E-state index in [9.17, 15) is 9.59 Å². The fourth-order valence-electron chi connectivity index (χ4n) is 5.25. The lowest BCUT2D eigenvalue weighted by Crippen LogP contribution is -2.39. The molecule has 0 saturated heterocycles. The fourth-order valence-corrected chi connectivity index (χ4v) is 6.42. The Morgan fingerprint density at radius 3 is 2.62 bits per heavy atom. The minimum absolute atomic E-state index is 0.121. The maximum absolute atomic E-state index is 14.0. The summed E-state index contributed by atoms with van der Waals surface area (Å²) in [5.74, 6) is 0.671. The quantitative estimate of drug-likeness (QED) is 0.325. The van der Waals surface area contributed by atoms with Crippen molar-refractivity contribution in [2.75, 3.05) is 13.4 Å². The van der Waals surface area contributed by atoms with Gasteiger partial charge >= 0.3 is 5.97 Å². The van der Waals surface area contributed by atoms with Gasteiger partial charge in [-0.1, -0.05) is 29.0 Å². The smallest absolute Gasteiger partial charge is 0.338 e. The van der Waals surface area contributed by atoms with Crippen molar-refractivity contribution in [2.24, 2.45) is 4.99 Å². The van der Waals surface area contributed by atoms with Gasteiger partial charge in [-0.25, -0.2) is 9.79 Å². The molecular formula is C30H26ClN3O5S. The molecule has 0 radical (unpaired) electrons. The first-order valence-corrected chi connectivity index (χ1v) is 14.0. The summed E-state index contributed by atoms with van der Waals surface area (Å²) in [7, 11) is 0. The van der Waals surface area contributed by atoms with Gasteiger partial charge in [-0.15, -0.1) is 0 Å². The van der Waals surface area contributed by atoms with Gasteiger partial charge in [0.25, 0.3) is 5.56 Å². The third-order valence-corrected chi connectivity index (χ3v) is 8.31. The molecule has 204 valence electrons. The molecule has 4 heterocycles. The normalized spacial score (nSPS) is 16.2. The minimum atomic E-state index is -0.728. The van der Waals surface area contributed by atoms with Crippen LogP contribution in [0.2, 0.25) is 5.02 Å². The van der Waals surface area contributed by atoms with Crippen LogP contribution < -0.4 is 24.4 Å². The number of thiazole rings is 1. The predicted molar refractivity (Wildman–Crippen MR) is 153 cm³/mol. The number of benzene rings is 2. The molecule has 40 heavy (non-hydrogen) atoms. The SMILES string of the molecule is CCOC(=O)C1=C(C)N=c2s/c(=C/c3cc(C)n(-c4ccc(Cl)cc4)c3C)c(=O)n2[C@H]1c1ccc2c(c1)OCO2. The van der Waals surface area contributed by atoms with E-state index < -0.39 is 12.0 Å². The van der Waals surface area contributed by atoms with Gasteiger partial charge in [-0.2, -0.15) is 0 Å². The number of hydrogen-bond acceptors (Lipinski definition) is 7. The molecule has 6 rings (SSSR count). The third kappa shape index (κ3) is 4.35. The molecule has 0 aliphatic carbocycles. The van der Waals surface area contributed by atoms with Crippen LogP contribution in [0.25, 0.3) is 11.8 Å². The summed E-state index contributed by atoms with van der Waals surface area (Å²) in [5.41, 5.74) is 5.21. The molecule has 10 heteroatoms. The molecule has 0 amide bonds. The van der Waals surface area contributed by atoms with Crippen molar-refractivity contribution in [1.82, 2.24) is 9.13 Å². The zero-order valence-electron chi connectivity index (χ0n) is 22.4. The van der Waals surface area contributed by atoms with E-state index >= 15 is 0 Å². The lowest BCUT2D eigenvalue weighted by Gasteiger charge is -2.24. The first kappa shape index (κ1) is 26.2. The van der Waals surface area contributed by atoms with E-state index in [1.165, 1.54) is 11.3 Å². The summed E-state index contributed by atoms with van der Waals surface area (Å²) in [6, 6.07) is 14.4. The van der Waals surface area contributed by atoms with Gasteiger partial charge in [0, 0.05) is 22.1 Å².